The minimum Gasteiger partial charge on any atom is -0.407 e. The Labute approximate surface area is 137 Å². The van der Waals surface area contributed by atoms with Gasteiger partial charge in [-0.05, 0) is 12.5 Å². The second kappa shape index (κ2) is 6.58. The van der Waals surface area contributed by atoms with Gasteiger partial charge in [-0.1, -0.05) is 11.3 Å². The predicted octanol–water partition coefficient (Wildman–Crippen LogP) is 1.77. The minimum absolute atomic E-state index is 0.146. The van der Waals surface area contributed by atoms with Gasteiger partial charge in [0.2, 0.25) is 11.0 Å². The van der Waals surface area contributed by atoms with E-state index in [4.69, 9.17) is 4.42 Å². The Morgan fingerprint density at radius 1 is 1.46 bits per heavy atom. The van der Waals surface area contributed by atoms with Crippen molar-refractivity contribution in [2.45, 2.75) is 19.4 Å². The van der Waals surface area contributed by atoms with Crippen LogP contribution in [-0.4, -0.2) is 25.6 Å². The van der Waals surface area contributed by atoms with Crippen LogP contribution in [0.3, 0.4) is 0 Å². The van der Waals surface area contributed by atoms with E-state index in [1.807, 2.05) is 0 Å². The summed E-state index contributed by atoms with van der Waals surface area (Å²) in [6, 6.07) is 3.96. The van der Waals surface area contributed by atoms with Crippen LogP contribution in [0.15, 0.2) is 32.9 Å². The minimum atomic E-state index is -0.616. The molecule has 124 valence electrons. The van der Waals surface area contributed by atoms with E-state index in [0.717, 1.165) is 0 Å². The first kappa shape index (κ1) is 15.8. The first-order valence-electron chi connectivity index (χ1n) is 6.88. The van der Waals surface area contributed by atoms with E-state index >= 15 is 0 Å². The third-order valence-electron chi connectivity index (χ3n) is 3.25. The zero-order chi connectivity index (χ0) is 17.1. The highest BCUT2D eigenvalue weighted by atomic mass is 32.1. The van der Waals surface area contributed by atoms with Crippen LogP contribution in [-0.2, 0) is 11.3 Å². The Kier molecular flexibility index (Phi) is 4.33. The number of rotatable bonds is 6. The van der Waals surface area contributed by atoms with Crippen molar-refractivity contribution >= 4 is 39.2 Å². The molecule has 11 heteroatoms. The number of nitrogens with zero attached hydrogens (tertiary/aromatic N) is 4. The molecule has 0 aliphatic heterocycles. The van der Waals surface area contributed by atoms with E-state index in [1.54, 1.807) is 0 Å². The number of hydrogen-bond donors (Lipinski definition) is 1. The fourth-order valence-corrected chi connectivity index (χ4v) is 2.65. The summed E-state index contributed by atoms with van der Waals surface area (Å²) in [5.74, 6) is -0.849. The lowest BCUT2D eigenvalue weighted by molar-refractivity contribution is -0.384. The van der Waals surface area contributed by atoms with Crippen LogP contribution < -0.4 is 11.1 Å². The van der Waals surface area contributed by atoms with Crippen molar-refractivity contribution in [2.75, 3.05) is 5.32 Å². The molecule has 0 aliphatic rings. The van der Waals surface area contributed by atoms with Gasteiger partial charge in [-0.2, -0.15) is 0 Å². The first-order valence-corrected chi connectivity index (χ1v) is 7.76. The van der Waals surface area contributed by atoms with Crippen molar-refractivity contribution in [3.05, 3.63) is 44.4 Å². The molecule has 1 amide bonds. The average Bonchev–Trinajstić information content (AvgIpc) is 3.14. The Morgan fingerprint density at radius 2 is 2.29 bits per heavy atom. The van der Waals surface area contributed by atoms with Gasteiger partial charge < -0.3 is 9.73 Å². The maximum absolute atomic E-state index is 11.9. The fraction of sp³-hybridized carbons (Fsp3) is 0.231. The van der Waals surface area contributed by atoms with Crippen LogP contribution in [0.2, 0.25) is 0 Å². The normalized spacial score (nSPS) is 10.8. The lowest BCUT2D eigenvalue weighted by Crippen LogP contribution is -2.17. The van der Waals surface area contributed by atoms with Gasteiger partial charge in [0.25, 0.3) is 5.69 Å². The second-order valence-corrected chi connectivity index (χ2v) is 5.66. The molecule has 3 aromatic rings. The van der Waals surface area contributed by atoms with Gasteiger partial charge in [0.1, 0.15) is 5.51 Å². The van der Waals surface area contributed by atoms with Gasteiger partial charge in [-0.25, -0.2) is 4.79 Å². The SMILES string of the molecule is O=C(CCCn1c(=O)oc2cc([N+](=O)[O-])ccc21)Nc1nncs1. The molecule has 0 atom stereocenters. The van der Waals surface area contributed by atoms with E-state index in [1.165, 1.54) is 39.6 Å². The maximum Gasteiger partial charge on any atom is 0.419 e. The van der Waals surface area contributed by atoms with Crippen molar-refractivity contribution in [2.24, 2.45) is 0 Å². The molecular weight excluding hydrogens is 338 g/mol. The number of nitro benzene ring substituents is 1. The van der Waals surface area contributed by atoms with Crippen molar-refractivity contribution in [1.29, 1.82) is 0 Å². The van der Waals surface area contributed by atoms with Gasteiger partial charge in [0.15, 0.2) is 5.58 Å². The molecule has 1 N–H and O–H groups in total. The molecule has 10 nitrogen and oxygen atoms in total. The molecule has 0 saturated heterocycles. The number of fused-ring (bicyclic) bond motifs is 1. The van der Waals surface area contributed by atoms with Crippen molar-refractivity contribution in [3.8, 4) is 0 Å². The Balaban J connectivity index is 1.67. The maximum atomic E-state index is 11.9. The van der Waals surface area contributed by atoms with E-state index in [-0.39, 0.29) is 30.1 Å². The molecule has 2 heterocycles. The highest BCUT2D eigenvalue weighted by molar-refractivity contribution is 7.13. The lowest BCUT2D eigenvalue weighted by atomic mass is 10.2. The number of hydrogen-bond acceptors (Lipinski definition) is 8. The number of carbonyl (C=O) groups is 1. The second-order valence-electron chi connectivity index (χ2n) is 4.82. The number of oxazole rings is 1. The molecule has 0 aliphatic carbocycles. The van der Waals surface area contributed by atoms with Gasteiger partial charge in [0.05, 0.1) is 16.5 Å². The van der Waals surface area contributed by atoms with Crippen molar-refractivity contribution in [1.82, 2.24) is 14.8 Å². The van der Waals surface area contributed by atoms with E-state index < -0.39 is 10.7 Å². The average molecular weight is 349 g/mol. The predicted molar refractivity (Wildman–Crippen MR) is 84.9 cm³/mol. The first-order chi connectivity index (χ1) is 11.5. The van der Waals surface area contributed by atoms with E-state index in [0.29, 0.717) is 17.1 Å². The molecule has 2 aromatic heterocycles. The number of nitrogens with one attached hydrogen (secondary N) is 1. The van der Waals surface area contributed by atoms with Gasteiger partial charge in [0, 0.05) is 19.0 Å². The number of aryl methyl sites for hydroxylation is 1. The monoisotopic (exact) mass is 349 g/mol. The highest BCUT2D eigenvalue weighted by Crippen LogP contribution is 2.20. The van der Waals surface area contributed by atoms with Gasteiger partial charge >= 0.3 is 5.76 Å². The molecule has 0 radical (unpaired) electrons. The lowest BCUT2D eigenvalue weighted by Gasteiger charge is -2.02. The summed E-state index contributed by atoms with van der Waals surface area (Å²) >= 11 is 1.21. The molecule has 3 rings (SSSR count). The Morgan fingerprint density at radius 3 is 3.00 bits per heavy atom. The van der Waals surface area contributed by atoms with Gasteiger partial charge in [-0.3, -0.25) is 19.5 Å². The number of non-ortho nitro benzene ring substituents is 1. The van der Waals surface area contributed by atoms with Crippen molar-refractivity contribution < 1.29 is 14.1 Å². The summed E-state index contributed by atoms with van der Waals surface area (Å²) in [6.07, 6.45) is 0.585. The molecule has 0 unspecified atom stereocenters. The Bertz CT molecular complexity index is 945. The zero-order valence-electron chi connectivity index (χ0n) is 12.2. The topological polar surface area (TPSA) is 133 Å². The summed E-state index contributed by atoms with van der Waals surface area (Å²) in [6.45, 7) is 0.257. The molecule has 1 aromatic carbocycles. The largest absolute Gasteiger partial charge is 0.419 e. The third-order valence-corrected chi connectivity index (χ3v) is 3.86. The smallest absolute Gasteiger partial charge is 0.407 e. The number of amides is 1. The highest BCUT2D eigenvalue weighted by Gasteiger charge is 2.14. The van der Waals surface area contributed by atoms with Crippen LogP contribution in [0.25, 0.3) is 11.1 Å². The zero-order valence-corrected chi connectivity index (χ0v) is 13.0. The van der Waals surface area contributed by atoms with Crippen LogP contribution >= 0.6 is 11.3 Å². The number of carbonyl (C=O) groups excluding carboxylic acids is 1. The third kappa shape index (κ3) is 3.30. The standard InChI is InChI=1S/C13H11N5O5S/c19-11(15-12-16-14-7-24-12)2-1-5-17-9-4-3-8(18(21)22)6-10(9)23-13(17)20/h3-4,6-7H,1-2,5H2,(H,15,16,19). The van der Waals surface area contributed by atoms with Crippen LogP contribution in [0.4, 0.5) is 10.8 Å². The quantitative estimate of drug-likeness (QED) is 0.529. The summed E-state index contributed by atoms with van der Waals surface area (Å²) in [7, 11) is 0. The molecular formula is C13H11N5O5S. The Hall–Kier alpha value is -3.08. The van der Waals surface area contributed by atoms with E-state index in [9.17, 15) is 19.7 Å². The number of anilines is 1. The number of nitro groups is 1. The molecule has 0 bridgehead atoms. The molecule has 24 heavy (non-hydrogen) atoms. The van der Waals surface area contributed by atoms with Crippen LogP contribution in [0, 0.1) is 10.1 Å². The number of benzene rings is 1. The van der Waals surface area contributed by atoms with Crippen LogP contribution in [0.5, 0.6) is 0 Å². The van der Waals surface area contributed by atoms with Crippen LogP contribution in [0.1, 0.15) is 12.8 Å². The van der Waals surface area contributed by atoms with E-state index in [2.05, 4.69) is 15.5 Å². The molecule has 0 saturated carbocycles. The summed E-state index contributed by atoms with van der Waals surface area (Å²) in [4.78, 5) is 33.8. The summed E-state index contributed by atoms with van der Waals surface area (Å²) < 4.78 is 6.36. The van der Waals surface area contributed by atoms with Crippen molar-refractivity contribution in [3.63, 3.8) is 0 Å². The fourth-order valence-electron chi connectivity index (χ4n) is 2.19. The molecule has 0 spiro atoms. The molecule has 0 fully saturated rings. The summed E-state index contributed by atoms with van der Waals surface area (Å²) in [5, 5.41) is 21.1. The summed E-state index contributed by atoms with van der Waals surface area (Å²) in [5.41, 5.74) is 1.95. The van der Waals surface area contributed by atoms with Gasteiger partial charge in [-0.15, -0.1) is 10.2 Å². The number of aromatic nitrogens is 3.